The minimum absolute atomic E-state index is 0. The molecule has 4 nitrogen and oxygen atoms in total. The van der Waals surface area contributed by atoms with E-state index in [1.54, 1.807) is 0 Å². The molecule has 4 rings (SSSR count). The molecule has 1 N–H and O–H groups in total. The smallest absolute Gasteiger partial charge is 0.222 e. The fourth-order valence-electron chi connectivity index (χ4n) is 4.18. The Balaban J connectivity index is 0.00000169. The Kier molecular flexibility index (Phi) is 5.16. The largest absolute Gasteiger partial charge is 0.459 e. The van der Waals surface area contributed by atoms with Gasteiger partial charge in [-0.25, -0.2) is 0 Å². The first kappa shape index (κ1) is 17.3. The molecular weight excluding hydrogens is 324 g/mol. The number of piperidine rings is 1. The van der Waals surface area contributed by atoms with Crippen molar-refractivity contribution >= 4 is 29.3 Å². The van der Waals surface area contributed by atoms with E-state index in [0.29, 0.717) is 31.0 Å². The summed E-state index contributed by atoms with van der Waals surface area (Å²) in [6.45, 7) is 0.547. The topological polar surface area (TPSA) is 45.5 Å². The summed E-state index contributed by atoms with van der Waals surface area (Å²) < 4.78 is 5.82. The van der Waals surface area contributed by atoms with Crippen molar-refractivity contribution in [1.29, 1.82) is 0 Å². The fourth-order valence-corrected chi connectivity index (χ4v) is 4.18. The van der Waals surface area contributed by atoms with Crippen LogP contribution in [-0.2, 0) is 11.3 Å². The van der Waals surface area contributed by atoms with Gasteiger partial charge in [0.15, 0.2) is 0 Å². The Morgan fingerprint density at radius 2 is 1.96 bits per heavy atom. The average Bonchev–Trinajstić information content (AvgIpc) is 3.09. The molecule has 0 saturated carbocycles. The van der Waals surface area contributed by atoms with Crippen LogP contribution in [0.5, 0.6) is 0 Å². The van der Waals surface area contributed by atoms with Crippen LogP contribution >= 0.6 is 12.4 Å². The zero-order valence-electron chi connectivity index (χ0n) is 14.0. The number of furan rings is 1. The number of hydrogen-bond donors (Lipinski definition) is 1. The van der Waals surface area contributed by atoms with Crippen molar-refractivity contribution in [3.63, 3.8) is 0 Å². The Morgan fingerprint density at radius 3 is 2.67 bits per heavy atom. The van der Waals surface area contributed by atoms with E-state index in [0.717, 1.165) is 29.6 Å². The van der Waals surface area contributed by atoms with Crippen molar-refractivity contribution in [2.24, 2.45) is 5.92 Å². The Labute approximate surface area is 149 Å². The summed E-state index contributed by atoms with van der Waals surface area (Å²) in [5.41, 5.74) is 0.887. The zero-order valence-corrected chi connectivity index (χ0v) is 14.8. The minimum Gasteiger partial charge on any atom is -0.459 e. The van der Waals surface area contributed by atoms with E-state index in [4.69, 9.17) is 4.42 Å². The van der Waals surface area contributed by atoms with Crippen molar-refractivity contribution in [1.82, 2.24) is 10.2 Å². The summed E-state index contributed by atoms with van der Waals surface area (Å²) in [5, 5.41) is 4.73. The van der Waals surface area contributed by atoms with Crippen LogP contribution in [0.3, 0.4) is 0 Å². The number of halogens is 1. The third-order valence-corrected chi connectivity index (χ3v) is 5.33. The molecule has 0 radical (unpaired) electrons. The number of carbonyl (C=O) groups is 1. The number of fused-ring (bicyclic) bond motifs is 3. The van der Waals surface area contributed by atoms with Gasteiger partial charge in [0.25, 0.3) is 0 Å². The molecule has 2 unspecified atom stereocenters. The van der Waals surface area contributed by atoms with Gasteiger partial charge in [0.2, 0.25) is 5.91 Å². The fraction of sp³-hybridized carbons (Fsp3) is 0.526. The van der Waals surface area contributed by atoms with Crippen LogP contribution in [0.2, 0.25) is 0 Å². The van der Waals surface area contributed by atoms with Crippen molar-refractivity contribution < 1.29 is 9.21 Å². The van der Waals surface area contributed by atoms with Gasteiger partial charge in [-0.1, -0.05) is 18.2 Å². The molecule has 3 heterocycles. The molecule has 2 bridgehead atoms. The predicted molar refractivity (Wildman–Crippen MR) is 97.2 cm³/mol. The molecule has 1 aromatic heterocycles. The van der Waals surface area contributed by atoms with Gasteiger partial charge in [-0.15, -0.1) is 12.4 Å². The van der Waals surface area contributed by atoms with Crippen LogP contribution in [0, 0.1) is 5.92 Å². The third kappa shape index (κ3) is 3.60. The molecule has 1 aromatic carbocycles. The van der Waals surface area contributed by atoms with Crippen molar-refractivity contribution in [3.05, 3.63) is 36.1 Å². The second kappa shape index (κ2) is 7.16. The maximum atomic E-state index is 12.5. The highest BCUT2D eigenvalue weighted by Gasteiger charge is 2.34. The number of amides is 1. The molecular formula is C19H25ClN2O2. The summed E-state index contributed by atoms with van der Waals surface area (Å²) in [6.07, 6.45) is 5.54. The van der Waals surface area contributed by atoms with E-state index in [-0.39, 0.29) is 18.3 Å². The van der Waals surface area contributed by atoms with E-state index < -0.39 is 0 Å². The van der Waals surface area contributed by atoms with E-state index in [2.05, 4.69) is 5.32 Å². The number of rotatable bonds is 4. The SMILES string of the molecule is CN(Cc1cc2ccccc2o1)C(=O)CC1CC2CCC(C1)N2.Cl. The number of benzene rings is 1. The Hall–Kier alpha value is -1.52. The summed E-state index contributed by atoms with van der Waals surface area (Å²) >= 11 is 0. The number of nitrogens with one attached hydrogen (secondary N) is 1. The van der Waals surface area contributed by atoms with Gasteiger partial charge >= 0.3 is 0 Å². The van der Waals surface area contributed by atoms with Crippen LogP contribution in [0.15, 0.2) is 34.7 Å². The Bertz CT molecular complexity index is 669. The molecule has 2 aliphatic rings. The lowest BCUT2D eigenvalue weighted by molar-refractivity contribution is -0.131. The summed E-state index contributed by atoms with van der Waals surface area (Å²) in [5.74, 6) is 1.63. The number of nitrogens with zero attached hydrogens (tertiary/aromatic N) is 1. The highest BCUT2D eigenvalue weighted by atomic mass is 35.5. The lowest BCUT2D eigenvalue weighted by Gasteiger charge is -2.29. The van der Waals surface area contributed by atoms with E-state index in [1.807, 2.05) is 42.3 Å². The van der Waals surface area contributed by atoms with Gasteiger partial charge < -0.3 is 14.6 Å². The minimum atomic E-state index is 0. The lowest BCUT2D eigenvalue weighted by atomic mass is 9.89. The molecule has 2 atom stereocenters. The second-order valence-electron chi connectivity index (χ2n) is 7.18. The first-order chi connectivity index (χ1) is 11.2. The Morgan fingerprint density at radius 1 is 1.25 bits per heavy atom. The van der Waals surface area contributed by atoms with Crippen molar-refractivity contribution in [2.45, 2.75) is 50.7 Å². The van der Waals surface area contributed by atoms with Crippen LogP contribution in [0.25, 0.3) is 11.0 Å². The molecule has 2 aromatic rings. The highest BCUT2D eigenvalue weighted by Crippen LogP contribution is 2.33. The number of para-hydroxylation sites is 1. The third-order valence-electron chi connectivity index (χ3n) is 5.33. The standard InChI is InChI=1S/C19H24N2O2.ClH/c1-21(12-17-11-14-4-2-3-5-18(14)23-17)19(22)10-13-8-15-6-7-16(9-13)20-15;/h2-5,11,13,15-16,20H,6-10,12H2,1H3;1H. The normalized spacial score (nSPS) is 25.5. The zero-order chi connectivity index (χ0) is 15.8. The van der Waals surface area contributed by atoms with Gasteiger partial charge in [0, 0.05) is 30.9 Å². The second-order valence-corrected chi connectivity index (χ2v) is 7.18. The van der Waals surface area contributed by atoms with E-state index >= 15 is 0 Å². The molecule has 24 heavy (non-hydrogen) atoms. The van der Waals surface area contributed by atoms with Crippen LogP contribution < -0.4 is 5.32 Å². The van der Waals surface area contributed by atoms with Gasteiger partial charge in [-0.3, -0.25) is 4.79 Å². The molecule has 0 aliphatic carbocycles. The van der Waals surface area contributed by atoms with Gasteiger partial charge in [0.05, 0.1) is 6.54 Å². The molecule has 0 spiro atoms. The maximum absolute atomic E-state index is 12.5. The molecule has 5 heteroatoms. The summed E-state index contributed by atoms with van der Waals surface area (Å²) in [6, 6.07) is 11.3. The van der Waals surface area contributed by atoms with E-state index in [1.165, 1.54) is 12.8 Å². The molecule has 130 valence electrons. The molecule has 2 fully saturated rings. The van der Waals surface area contributed by atoms with Crippen molar-refractivity contribution in [2.75, 3.05) is 7.05 Å². The van der Waals surface area contributed by atoms with Crippen LogP contribution in [0.4, 0.5) is 0 Å². The predicted octanol–water partition coefficient (Wildman–Crippen LogP) is 3.73. The number of carbonyl (C=O) groups excluding carboxylic acids is 1. The molecule has 2 aliphatic heterocycles. The molecule has 2 saturated heterocycles. The summed E-state index contributed by atoms with van der Waals surface area (Å²) in [4.78, 5) is 14.3. The molecule has 1 amide bonds. The van der Waals surface area contributed by atoms with Crippen LogP contribution in [-0.4, -0.2) is 29.9 Å². The number of hydrogen-bond acceptors (Lipinski definition) is 3. The van der Waals surface area contributed by atoms with Crippen molar-refractivity contribution in [3.8, 4) is 0 Å². The lowest BCUT2D eigenvalue weighted by Crippen LogP contribution is -2.39. The monoisotopic (exact) mass is 348 g/mol. The van der Waals surface area contributed by atoms with Gasteiger partial charge in [-0.2, -0.15) is 0 Å². The quantitative estimate of drug-likeness (QED) is 0.915. The van der Waals surface area contributed by atoms with E-state index in [9.17, 15) is 4.79 Å². The average molecular weight is 349 g/mol. The highest BCUT2D eigenvalue weighted by molar-refractivity contribution is 5.85. The van der Waals surface area contributed by atoms with Crippen LogP contribution in [0.1, 0.15) is 37.9 Å². The van der Waals surface area contributed by atoms with Gasteiger partial charge in [0.1, 0.15) is 11.3 Å². The summed E-state index contributed by atoms with van der Waals surface area (Å²) in [7, 11) is 1.88. The first-order valence-electron chi connectivity index (χ1n) is 8.65. The maximum Gasteiger partial charge on any atom is 0.222 e. The van der Waals surface area contributed by atoms with Gasteiger partial charge in [-0.05, 0) is 43.7 Å². The first-order valence-corrected chi connectivity index (χ1v) is 8.65.